The third-order valence-electron chi connectivity index (χ3n) is 12.9. The number of aliphatic hydroxyl groups excluding tert-OH is 1. The summed E-state index contributed by atoms with van der Waals surface area (Å²) in [7, 11) is 0. The minimum atomic E-state index is -0.0795. The fourth-order valence-corrected chi connectivity index (χ4v) is 10.6. The van der Waals surface area contributed by atoms with Gasteiger partial charge in [0.1, 0.15) is 0 Å². The van der Waals surface area contributed by atoms with Gasteiger partial charge in [0.25, 0.3) is 0 Å². The largest absolute Gasteiger partial charge is 0.393 e. The summed E-state index contributed by atoms with van der Waals surface area (Å²) in [5, 5.41) is 22.7. The number of aliphatic hydroxyl groups is 1. The van der Waals surface area contributed by atoms with Gasteiger partial charge in [-0.3, -0.25) is 0 Å². The summed E-state index contributed by atoms with van der Waals surface area (Å²) in [6, 6.07) is 0.635. The normalized spacial score (nSPS) is 40.0. The molecule has 4 aliphatic rings. The molecule has 0 spiro atoms. The van der Waals surface area contributed by atoms with E-state index >= 15 is 0 Å². The van der Waals surface area contributed by atoms with Crippen LogP contribution in [0.2, 0.25) is 0 Å². The molecule has 0 aliphatic heterocycles. The van der Waals surface area contributed by atoms with Gasteiger partial charge in [-0.05, 0) is 143 Å². The lowest BCUT2D eigenvalue weighted by Gasteiger charge is -2.62. The maximum Gasteiger partial charge on any atom is 0.0577 e. The van der Waals surface area contributed by atoms with Crippen molar-refractivity contribution in [2.75, 3.05) is 39.3 Å². The minimum absolute atomic E-state index is 0.0795. The third kappa shape index (κ3) is 7.47. The summed E-state index contributed by atoms with van der Waals surface area (Å²) in [6.07, 6.45) is 16.9. The van der Waals surface area contributed by atoms with Gasteiger partial charge in [-0.15, -0.1) is 0 Å². The summed E-state index contributed by atoms with van der Waals surface area (Å²) < 4.78 is 0. The van der Waals surface area contributed by atoms with Crippen LogP contribution >= 0.6 is 0 Å². The molecular formula is C35H68N4O. The Morgan fingerprint density at radius 3 is 2.20 bits per heavy atom. The molecule has 4 saturated carbocycles. The Morgan fingerprint density at radius 2 is 1.48 bits per heavy atom. The van der Waals surface area contributed by atoms with Crippen LogP contribution in [0.3, 0.4) is 0 Å². The first-order chi connectivity index (χ1) is 19.2. The van der Waals surface area contributed by atoms with Crippen LogP contribution in [0.5, 0.6) is 0 Å². The molecule has 0 radical (unpaired) electrons. The summed E-state index contributed by atoms with van der Waals surface area (Å²) in [5.41, 5.74) is 6.43. The Bertz CT molecular complexity index is 747. The zero-order valence-electron chi connectivity index (χ0n) is 27.2. The number of fused-ring (bicyclic) bond motifs is 5. The van der Waals surface area contributed by atoms with Crippen LogP contribution in [0.15, 0.2) is 0 Å². The van der Waals surface area contributed by atoms with Crippen molar-refractivity contribution in [3.63, 3.8) is 0 Å². The first-order valence-electron chi connectivity index (χ1n) is 17.7. The molecule has 0 aromatic heterocycles. The molecule has 0 amide bonds. The van der Waals surface area contributed by atoms with Crippen molar-refractivity contribution in [2.24, 2.45) is 58.0 Å². The van der Waals surface area contributed by atoms with Crippen molar-refractivity contribution in [3.8, 4) is 0 Å². The molecule has 5 heteroatoms. The molecule has 0 heterocycles. The van der Waals surface area contributed by atoms with Gasteiger partial charge in [0.15, 0.2) is 0 Å². The van der Waals surface area contributed by atoms with Crippen LogP contribution < -0.4 is 21.7 Å². The second kappa shape index (κ2) is 15.0. The molecule has 6 N–H and O–H groups in total. The predicted molar refractivity (Wildman–Crippen MR) is 170 cm³/mol. The summed E-state index contributed by atoms with van der Waals surface area (Å²) >= 11 is 0. The highest BCUT2D eigenvalue weighted by atomic mass is 16.3. The van der Waals surface area contributed by atoms with E-state index in [1.165, 1.54) is 70.6 Å². The fourth-order valence-electron chi connectivity index (χ4n) is 10.6. The van der Waals surface area contributed by atoms with Crippen molar-refractivity contribution in [3.05, 3.63) is 0 Å². The smallest absolute Gasteiger partial charge is 0.0577 e. The van der Waals surface area contributed by atoms with Crippen LogP contribution in [-0.2, 0) is 0 Å². The van der Waals surface area contributed by atoms with Crippen LogP contribution in [0.1, 0.15) is 118 Å². The first kappa shape index (κ1) is 32.7. The van der Waals surface area contributed by atoms with Crippen molar-refractivity contribution in [1.82, 2.24) is 16.0 Å². The van der Waals surface area contributed by atoms with Crippen molar-refractivity contribution in [1.29, 1.82) is 0 Å². The monoisotopic (exact) mass is 561 g/mol. The average molecular weight is 561 g/mol. The average Bonchev–Trinajstić information content (AvgIpc) is 3.27. The van der Waals surface area contributed by atoms with Crippen molar-refractivity contribution < 1.29 is 5.11 Å². The van der Waals surface area contributed by atoms with E-state index in [-0.39, 0.29) is 6.10 Å². The molecule has 10 atom stereocenters. The number of rotatable bonds is 16. The van der Waals surface area contributed by atoms with Crippen LogP contribution in [-0.4, -0.2) is 56.5 Å². The van der Waals surface area contributed by atoms with Gasteiger partial charge in [-0.25, -0.2) is 0 Å². The molecule has 4 unspecified atom stereocenters. The molecule has 0 saturated heterocycles. The Morgan fingerprint density at radius 1 is 0.775 bits per heavy atom. The van der Waals surface area contributed by atoms with Gasteiger partial charge in [0.2, 0.25) is 0 Å². The SMILES string of the molecule is CC(C)CCC[C@@H](C)[C@H]1CCC2C3C(O)C[C@@H]4C[C@H](NCCCNCCNCCCN)CC[C@]4(C)C3CC[C@@]21C. The van der Waals surface area contributed by atoms with E-state index in [0.29, 0.717) is 28.7 Å². The topological polar surface area (TPSA) is 82.3 Å². The number of nitrogens with two attached hydrogens (primary N) is 1. The van der Waals surface area contributed by atoms with E-state index in [1.54, 1.807) is 0 Å². The van der Waals surface area contributed by atoms with E-state index < -0.39 is 0 Å². The molecule has 4 fully saturated rings. The van der Waals surface area contributed by atoms with Gasteiger partial charge in [0.05, 0.1) is 6.10 Å². The third-order valence-corrected chi connectivity index (χ3v) is 12.9. The van der Waals surface area contributed by atoms with Crippen LogP contribution in [0, 0.1) is 52.3 Å². The molecular weight excluding hydrogens is 492 g/mol. The molecule has 234 valence electrons. The second-order valence-corrected chi connectivity index (χ2v) is 15.7. The molecule has 0 aromatic carbocycles. The molecule has 4 aliphatic carbocycles. The summed E-state index contributed by atoms with van der Waals surface area (Å²) in [6.45, 7) is 18.6. The molecule has 40 heavy (non-hydrogen) atoms. The molecule has 4 rings (SSSR count). The number of nitrogens with one attached hydrogen (secondary N) is 3. The lowest BCUT2D eigenvalue weighted by Crippen LogP contribution is -2.59. The molecule has 5 nitrogen and oxygen atoms in total. The van der Waals surface area contributed by atoms with Gasteiger partial charge < -0.3 is 26.8 Å². The Balaban J connectivity index is 1.24. The van der Waals surface area contributed by atoms with Gasteiger partial charge in [-0.2, -0.15) is 0 Å². The lowest BCUT2D eigenvalue weighted by molar-refractivity contribution is -0.167. The lowest BCUT2D eigenvalue weighted by atomic mass is 9.43. The van der Waals surface area contributed by atoms with E-state index in [4.69, 9.17) is 5.73 Å². The Labute approximate surface area is 248 Å². The first-order valence-corrected chi connectivity index (χ1v) is 17.7. The highest BCUT2D eigenvalue weighted by Gasteiger charge is 2.62. The van der Waals surface area contributed by atoms with Crippen LogP contribution in [0.4, 0.5) is 0 Å². The van der Waals surface area contributed by atoms with E-state index in [9.17, 15) is 5.11 Å². The van der Waals surface area contributed by atoms with E-state index in [1.807, 2.05) is 0 Å². The predicted octanol–water partition coefficient (Wildman–Crippen LogP) is 5.95. The van der Waals surface area contributed by atoms with Gasteiger partial charge in [-0.1, -0.05) is 53.9 Å². The maximum atomic E-state index is 11.8. The number of hydrogen-bond donors (Lipinski definition) is 5. The standard InChI is InChI=1S/C35H68N4O/c1-25(2)9-6-10-26(3)29-11-12-30-33-31(14-16-35(29,30)5)34(4)15-13-28(23-27(34)24-32(33)40)39-20-8-19-38-22-21-37-18-7-17-36/h25-33,37-40H,6-24,36H2,1-5H3/t26-,27+,28-,29-,30?,31?,32?,33?,34+,35-/m1/s1. The Hall–Kier alpha value is -0.200. The van der Waals surface area contributed by atoms with Gasteiger partial charge >= 0.3 is 0 Å². The number of hydrogen-bond acceptors (Lipinski definition) is 5. The summed E-state index contributed by atoms with van der Waals surface area (Å²) in [5.74, 6) is 5.24. The fraction of sp³-hybridized carbons (Fsp3) is 1.00. The highest BCUT2D eigenvalue weighted by molar-refractivity contribution is 5.12. The molecule has 0 aromatic rings. The molecule has 0 bridgehead atoms. The maximum absolute atomic E-state index is 11.8. The summed E-state index contributed by atoms with van der Waals surface area (Å²) in [4.78, 5) is 0. The van der Waals surface area contributed by atoms with Gasteiger partial charge in [0, 0.05) is 19.1 Å². The minimum Gasteiger partial charge on any atom is -0.393 e. The zero-order valence-corrected chi connectivity index (χ0v) is 27.2. The van der Waals surface area contributed by atoms with E-state index in [2.05, 4.69) is 50.6 Å². The zero-order chi connectivity index (χ0) is 28.8. The quantitative estimate of drug-likeness (QED) is 0.151. The van der Waals surface area contributed by atoms with Crippen molar-refractivity contribution in [2.45, 2.75) is 130 Å². The van der Waals surface area contributed by atoms with Crippen LogP contribution in [0.25, 0.3) is 0 Å². The second-order valence-electron chi connectivity index (χ2n) is 15.7. The van der Waals surface area contributed by atoms with E-state index in [0.717, 1.165) is 81.7 Å². The van der Waals surface area contributed by atoms with Crippen molar-refractivity contribution >= 4 is 0 Å². The Kier molecular flexibility index (Phi) is 12.3. The highest BCUT2D eigenvalue weighted by Crippen LogP contribution is 2.68.